The number of amides is 2. The molecular formula is C18H21BrN2O4S. The van der Waals surface area contributed by atoms with Gasteiger partial charge in [0.05, 0.1) is 29.4 Å². The second-order valence-corrected chi connectivity index (χ2v) is 8.00. The molecule has 0 saturated carbocycles. The van der Waals surface area contributed by atoms with Crippen LogP contribution >= 0.6 is 27.3 Å². The lowest BCUT2D eigenvalue weighted by molar-refractivity contribution is -0.128. The number of thiophene rings is 1. The number of hydrogen-bond acceptors (Lipinski definition) is 5. The summed E-state index contributed by atoms with van der Waals surface area (Å²) in [6, 6.07) is 9.20. The zero-order valence-electron chi connectivity index (χ0n) is 14.9. The molecule has 1 heterocycles. The van der Waals surface area contributed by atoms with E-state index in [1.165, 1.54) is 11.3 Å². The van der Waals surface area contributed by atoms with Gasteiger partial charge in [0.25, 0.3) is 5.91 Å². The van der Waals surface area contributed by atoms with Gasteiger partial charge in [0.2, 0.25) is 5.91 Å². The van der Waals surface area contributed by atoms with Crippen molar-refractivity contribution in [2.24, 2.45) is 0 Å². The molecule has 0 atom stereocenters. The molecule has 2 aromatic rings. The van der Waals surface area contributed by atoms with E-state index in [1.54, 1.807) is 38.3 Å². The lowest BCUT2D eigenvalue weighted by Crippen LogP contribution is -2.38. The van der Waals surface area contributed by atoms with Crippen molar-refractivity contribution < 1.29 is 19.1 Å². The van der Waals surface area contributed by atoms with Crippen molar-refractivity contribution in [2.75, 3.05) is 34.4 Å². The highest BCUT2D eigenvalue weighted by Crippen LogP contribution is 2.27. The number of carbonyl (C=O) groups is 2. The largest absolute Gasteiger partial charge is 0.493 e. The summed E-state index contributed by atoms with van der Waals surface area (Å²) in [6.07, 6.45) is 0.675. The number of nitrogens with one attached hydrogen (secondary N) is 1. The number of carbonyl (C=O) groups excluding carboxylic acids is 2. The quantitative estimate of drug-likeness (QED) is 0.684. The summed E-state index contributed by atoms with van der Waals surface area (Å²) < 4.78 is 11.4. The van der Waals surface area contributed by atoms with E-state index < -0.39 is 0 Å². The van der Waals surface area contributed by atoms with Crippen LogP contribution in [0.25, 0.3) is 0 Å². The van der Waals surface area contributed by atoms with Crippen molar-refractivity contribution in [1.82, 2.24) is 10.2 Å². The minimum atomic E-state index is -0.248. The summed E-state index contributed by atoms with van der Waals surface area (Å²) in [4.78, 5) is 26.3. The number of rotatable bonds is 8. The Bertz CT molecular complexity index is 778. The van der Waals surface area contributed by atoms with Gasteiger partial charge in [-0.1, -0.05) is 6.07 Å². The van der Waals surface area contributed by atoms with E-state index in [9.17, 15) is 9.59 Å². The number of halogens is 1. The molecule has 0 radical (unpaired) electrons. The first-order chi connectivity index (χ1) is 12.4. The molecule has 8 heteroatoms. The van der Waals surface area contributed by atoms with Gasteiger partial charge in [0, 0.05) is 13.6 Å². The molecule has 26 heavy (non-hydrogen) atoms. The van der Waals surface area contributed by atoms with Crippen LogP contribution in [-0.4, -0.2) is 51.1 Å². The SMILES string of the molecule is COc1ccc(CCN(C)C(=O)CNC(=O)c2ccc(Br)s2)cc1OC. The highest BCUT2D eigenvalue weighted by molar-refractivity contribution is 9.11. The van der Waals surface area contributed by atoms with E-state index >= 15 is 0 Å². The lowest BCUT2D eigenvalue weighted by Gasteiger charge is -2.18. The van der Waals surface area contributed by atoms with E-state index in [0.717, 1.165) is 9.35 Å². The molecule has 0 aliphatic carbocycles. The lowest BCUT2D eigenvalue weighted by atomic mass is 10.1. The molecule has 0 fully saturated rings. The van der Waals surface area contributed by atoms with Crippen LogP contribution in [0.3, 0.4) is 0 Å². The van der Waals surface area contributed by atoms with Gasteiger partial charge in [-0.15, -0.1) is 11.3 Å². The van der Waals surface area contributed by atoms with Gasteiger partial charge in [0.15, 0.2) is 11.5 Å². The Morgan fingerprint density at radius 3 is 2.50 bits per heavy atom. The van der Waals surface area contributed by atoms with Crippen molar-refractivity contribution >= 4 is 39.1 Å². The van der Waals surface area contributed by atoms with Crippen molar-refractivity contribution in [3.8, 4) is 11.5 Å². The molecule has 2 amide bonds. The second-order valence-electron chi connectivity index (χ2n) is 5.54. The maximum absolute atomic E-state index is 12.2. The topological polar surface area (TPSA) is 67.9 Å². The van der Waals surface area contributed by atoms with Crippen LogP contribution in [0.15, 0.2) is 34.1 Å². The van der Waals surface area contributed by atoms with Gasteiger partial charge in [-0.2, -0.15) is 0 Å². The van der Waals surface area contributed by atoms with Crippen LogP contribution in [0, 0.1) is 0 Å². The van der Waals surface area contributed by atoms with E-state index in [-0.39, 0.29) is 18.4 Å². The molecule has 0 spiro atoms. The maximum Gasteiger partial charge on any atom is 0.261 e. The van der Waals surface area contributed by atoms with Gasteiger partial charge in [0.1, 0.15) is 0 Å². The first-order valence-electron chi connectivity index (χ1n) is 7.93. The number of likely N-dealkylation sites (N-methyl/N-ethyl adjacent to an activating group) is 1. The summed E-state index contributed by atoms with van der Waals surface area (Å²) in [7, 11) is 4.90. The maximum atomic E-state index is 12.2. The second kappa shape index (κ2) is 9.59. The van der Waals surface area contributed by atoms with Crippen LogP contribution < -0.4 is 14.8 Å². The third-order valence-corrected chi connectivity index (χ3v) is 5.43. The minimum Gasteiger partial charge on any atom is -0.493 e. The average Bonchev–Trinajstić information content (AvgIpc) is 3.09. The van der Waals surface area contributed by atoms with E-state index in [4.69, 9.17) is 9.47 Å². The highest BCUT2D eigenvalue weighted by atomic mass is 79.9. The van der Waals surface area contributed by atoms with Gasteiger partial charge in [-0.3, -0.25) is 9.59 Å². The standard InChI is InChI=1S/C18H21BrN2O4S/c1-21(9-8-12-4-5-13(24-2)14(10-12)25-3)17(22)11-20-18(23)15-6-7-16(19)26-15/h4-7,10H,8-9,11H2,1-3H3,(H,20,23). The highest BCUT2D eigenvalue weighted by Gasteiger charge is 2.13. The first-order valence-corrected chi connectivity index (χ1v) is 9.54. The molecule has 140 valence electrons. The van der Waals surface area contributed by atoms with Crippen LogP contribution in [0.2, 0.25) is 0 Å². The van der Waals surface area contributed by atoms with Gasteiger partial charge >= 0.3 is 0 Å². The fourth-order valence-electron chi connectivity index (χ4n) is 2.27. The van der Waals surface area contributed by atoms with E-state index in [0.29, 0.717) is 29.3 Å². The molecule has 2 rings (SSSR count). The summed E-state index contributed by atoms with van der Waals surface area (Å²) >= 11 is 4.64. The Morgan fingerprint density at radius 2 is 1.88 bits per heavy atom. The van der Waals surface area contributed by atoms with E-state index in [2.05, 4.69) is 21.2 Å². The minimum absolute atomic E-state index is 0.0310. The van der Waals surface area contributed by atoms with E-state index in [1.807, 2.05) is 18.2 Å². The zero-order chi connectivity index (χ0) is 19.1. The molecular weight excluding hydrogens is 420 g/mol. The number of hydrogen-bond donors (Lipinski definition) is 1. The molecule has 1 N–H and O–H groups in total. The number of ether oxygens (including phenoxy) is 2. The molecule has 0 aliphatic rings. The van der Waals surface area contributed by atoms with Gasteiger partial charge in [-0.25, -0.2) is 0 Å². The molecule has 1 aromatic carbocycles. The van der Waals surface area contributed by atoms with Gasteiger partial charge < -0.3 is 19.7 Å². The van der Waals surface area contributed by atoms with Gasteiger partial charge in [-0.05, 0) is 52.2 Å². The monoisotopic (exact) mass is 440 g/mol. The Labute approximate surface area is 165 Å². The summed E-state index contributed by atoms with van der Waals surface area (Å²) in [5, 5.41) is 2.65. The number of benzene rings is 1. The Hall–Kier alpha value is -2.06. The van der Waals surface area contributed by atoms with Crippen molar-refractivity contribution in [3.63, 3.8) is 0 Å². The fourth-order valence-corrected chi connectivity index (χ4v) is 3.57. The molecule has 0 bridgehead atoms. The Kier molecular flexibility index (Phi) is 7.47. The summed E-state index contributed by atoms with van der Waals surface area (Å²) in [5.74, 6) is 0.939. The third-order valence-electron chi connectivity index (χ3n) is 3.81. The van der Waals surface area contributed by atoms with Crippen LogP contribution in [0.1, 0.15) is 15.2 Å². The molecule has 1 aromatic heterocycles. The summed E-state index contributed by atoms with van der Waals surface area (Å²) in [5.41, 5.74) is 1.04. The first kappa shape index (κ1) is 20.3. The Balaban J connectivity index is 1.82. The van der Waals surface area contributed by atoms with Crippen LogP contribution in [0.5, 0.6) is 11.5 Å². The average molecular weight is 441 g/mol. The van der Waals surface area contributed by atoms with Crippen LogP contribution in [-0.2, 0) is 11.2 Å². The number of nitrogens with zero attached hydrogens (tertiary/aromatic N) is 1. The predicted octanol–water partition coefficient (Wildman–Crippen LogP) is 2.96. The summed E-state index contributed by atoms with van der Waals surface area (Å²) in [6.45, 7) is 0.505. The molecule has 6 nitrogen and oxygen atoms in total. The number of methoxy groups -OCH3 is 2. The fraction of sp³-hybridized carbons (Fsp3) is 0.333. The predicted molar refractivity (Wildman–Crippen MR) is 105 cm³/mol. The van der Waals surface area contributed by atoms with Crippen LogP contribution in [0.4, 0.5) is 0 Å². The zero-order valence-corrected chi connectivity index (χ0v) is 17.3. The molecule has 0 unspecified atom stereocenters. The molecule has 0 aliphatic heterocycles. The molecule has 0 saturated heterocycles. The third kappa shape index (κ3) is 5.47. The van der Waals surface area contributed by atoms with Crippen molar-refractivity contribution in [1.29, 1.82) is 0 Å². The smallest absolute Gasteiger partial charge is 0.261 e. The Morgan fingerprint density at radius 1 is 1.15 bits per heavy atom. The van der Waals surface area contributed by atoms with Crippen molar-refractivity contribution in [2.45, 2.75) is 6.42 Å². The normalized spacial score (nSPS) is 10.3. The van der Waals surface area contributed by atoms with Crippen molar-refractivity contribution in [3.05, 3.63) is 44.6 Å².